The minimum Gasteiger partial charge on any atom is -0.481 e. The largest absolute Gasteiger partial charge is 0.481 e. The van der Waals surface area contributed by atoms with E-state index in [0.717, 1.165) is 6.42 Å². The van der Waals surface area contributed by atoms with Crippen molar-refractivity contribution in [2.75, 3.05) is 13.1 Å². The molecule has 1 aliphatic heterocycles. The molecular formula is C16H20N2O3. The molecule has 0 spiro atoms. The molecule has 1 aromatic rings. The van der Waals surface area contributed by atoms with E-state index in [1.54, 1.807) is 11.8 Å². The van der Waals surface area contributed by atoms with Crippen LogP contribution in [0.1, 0.15) is 24.8 Å². The summed E-state index contributed by atoms with van der Waals surface area (Å²) < 4.78 is 0. The summed E-state index contributed by atoms with van der Waals surface area (Å²) in [6, 6.07) is 10.3. The van der Waals surface area contributed by atoms with Crippen molar-refractivity contribution in [2.45, 2.75) is 25.3 Å². The van der Waals surface area contributed by atoms with Gasteiger partial charge in [0, 0.05) is 31.0 Å². The summed E-state index contributed by atoms with van der Waals surface area (Å²) in [5.41, 5.74) is 1.27. The maximum atomic E-state index is 12.1. The highest BCUT2D eigenvalue weighted by atomic mass is 16.4. The Morgan fingerprint density at radius 2 is 1.95 bits per heavy atom. The van der Waals surface area contributed by atoms with Crippen molar-refractivity contribution in [2.24, 2.45) is 11.8 Å². The Hall–Kier alpha value is -2.04. The highest BCUT2D eigenvalue weighted by Gasteiger charge is 2.42. The number of carbonyl (C=O) groups excluding carboxylic acids is 1. The van der Waals surface area contributed by atoms with E-state index in [9.17, 15) is 9.59 Å². The zero-order valence-corrected chi connectivity index (χ0v) is 12.0. The molecule has 0 bridgehead atoms. The number of benzene rings is 1. The number of carboxylic acids is 1. The van der Waals surface area contributed by atoms with E-state index >= 15 is 0 Å². The van der Waals surface area contributed by atoms with Gasteiger partial charge in [-0.05, 0) is 12.0 Å². The van der Waals surface area contributed by atoms with Crippen molar-refractivity contribution in [3.05, 3.63) is 35.9 Å². The first-order chi connectivity index (χ1) is 10.1. The van der Waals surface area contributed by atoms with E-state index in [0.29, 0.717) is 19.0 Å². The molecule has 1 aromatic carbocycles. The monoisotopic (exact) mass is 288 g/mol. The van der Waals surface area contributed by atoms with Crippen LogP contribution in [0.15, 0.2) is 30.3 Å². The normalized spacial score (nSPS) is 25.9. The lowest BCUT2D eigenvalue weighted by molar-refractivity contribution is -0.144. The second kappa shape index (κ2) is 5.39. The molecule has 0 aromatic heterocycles. The summed E-state index contributed by atoms with van der Waals surface area (Å²) in [4.78, 5) is 24.6. The van der Waals surface area contributed by atoms with Crippen molar-refractivity contribution in [1.29, 1.82) is 0 Å². The second-order valence-electron chi connectivity index (χ2n) is 6.10. The Balaban J connectivity index is 1.44. The summed E-state index contributed by atoms with van der Waals surface area (Å²) in [5.74, 6) is -0.666. The molecule has 1 heterocycles. The van der Waals surface area contributed by atoms with Gasteiger partial charge in [-0.15, -0.1) is 0 Å². The van der Waals surface area contributed by atoms with Gasteiger partial charge in [0.1, 0.15) is 0 Å². The maximum absolute atomic E-state index is 12.1. The summed E-state index contributed by atoms with van der Waals surface area (Å²) in [6.45, 7) is 2.79. The molecule has 5 nitrogen and oxygen atoms in total. The van der Waals surface area contributed by atoms with Crippen molar-refractivity contribution >= 4 is 12.0 Å². The number of rotatable bonds is 4. The first kappa shape index (κ1) is 13.9. The predicted molar refractivity (Wildman–Crippen MR) is 78.0 cm³/mol. The van der Waals surface area contributed by atoms with Crippen molar-refractivity contribution in [3.8, 4) is 0 Å². The molecule has 3 rings (SSSR count). The molecule has 2 aliphatic rings. The summed E-state index contributed by atoms with van der Waals surface area (Å²) >= 11 is 0. The van der Waals surface area contributed by atoms with Gasteiger partial charge in [0.25, 0.3) is 0 Å². The lowest BCUT2D eigenvalue weighted by Gasteiger charge is -2.41. The third-order valence-electron chi connectivity index (χ3n) is 4.62. The quantitative estimate of drug-likeness (QED) is 0.889. The number of hydrogen-bond acceptors (Lipinski definition) is 2. The van der Waals surface area contributed by atoms with Crippen LogP contribution in [-0.2, 0) is 4.79 Å². The van der Waals surface area contributed by atoms with E-state index in [-0.39, 0.29) is 23.9 Å². The highest BCUT2D eigenvalue weighted by molar-refractivity contribution is 5.77. The topological polar surface area (TPSA) is 69.6 Å². The fourth-order valence-electron chi connectivity index (χ4n) is 2.87. The standard InChI is InChI=1S/C16H20N2O3/c1-10(15(19)20)12-8-18(9-12)16(21)17-14-7-13(14)11-5-3-2-4-6-11/h2-6,10,12-14H,7-9H2,1H3,(H,17,21)(H,19,20). The molecule has 0 radical (unpaired) electrons. The smallest absolute Gasteiger partial charge is 0.317 e. The number of amides is 2. The number of aliphatic carboxylic acids is 1. The van der Waals surface area contributed by atoms with Gasteiger partial charge in [0.05, 0.1) is 5.92 Å². The zero-order chi connectivity index (χ0) is 15.0. The molecule has 21 heavy (non-hydrogen) atoms. The van der Waals surface area contributed by atoms with E-state index in [2.05, 4.69) is 17.4 Å². The Bertz CT molecular complexity index is 540. The van der Waals surface area contributed by atoms with E-state index in [1.807, 2.05) is 18.2 Å². The van der Waals surface area contributed by atoms with Crippen LogP contribution < -0.4 is 5.32 Å². The van der Waals surface area contributed by atoms with Crippen LogP contribution in [-0.4, -0.2) is 41.1 Å². The number of likely N-dealkylation sites (tertiary alicyclic amines) is 1. The molecule has 1 aliphatic carbocycles. The number of carboxylic acid groups (broad SMARTS) is 1. The van der Waals surface area contributed by atoms with Gasteiger partial charge in [0.2, 0.25) is 0 Å². The van der Waals surface area contributed by atoms with Gasteiger partial charge in [-0.25, -0.2) is 4.79 Å². The highest BCUT2D eigenvalue weighted by Crippen LogP contribution is 2.40. The summed E-state index contributed by atoms with van der Waals surface area (Å²) in [6.07, 6.45) is 0.985. The molecule has 2 N–H and O–H groups in total. The number of carbonyl (C=O) groups is 2. The van der Waals surface area contributed by atoms with Gasteiger partial charge >= 0.3 is 12.0 Å². The number of nitrogens with one attached hydrogen (secondary N) is 1. The molecule has 2 fully saturated rings. The molecule has 1 saturated carbocycles. The van der Waals surface area contributed by atoms with E-state index in [4.69, 9.17) is 5.11 Å². The Morgan fingerprint density at radius 3 is 2.57 bits per heavy atom. The first-order valence-corrected chi connectivity index (χ1v) is 7.39. The van der Waals surface area contributed by atoms with Gasteiger partial charge < -0.3 is 15.3 Å². The second-order valence-corrected chi connectivity index (χ2v) is 6.10. The number of nitrogens with zero attached hydrogens (tertiary/aromatic N) is 1. The third-order valence-corrected chi connectivity index (χ3v) is 4.62. The van der Waals surface area contributed by atoms with Crippen LogP contribution in [0.2, 0.25) is 0 Å². The van der Waals surface area contributed by atoms with Crippen LogP contribution in [0.5, 0.6) is 0 Å². The molecule has 5 heteroatoms. The Kier molecular flexibility index (Phi) is 3.57. The van der Waals surface area contributed by atoms with Crippen LogP contribution in [0.25, 0.3) is 0 Å². The lowest BCUT2D eigenvalue weighted by atomic mass is 9.87. The van der Waals surface area contributed by atoms with Crippen LogP contribution in [0, 0.1) is 11.8 Å². The van der Waals surface area contributed by atoms with Crippen molar-refractivity contribution < 1.29 is 14.7 Å². The third kappa shape index (κ3) is 2.86. The molecule has 3 unspecified atom stereocenters. The number of hydrogen-bond donors (Lipinski definition) is 2. The lowest BCUT2D eigenvalue weighted by Crippen LogP contribution is -2.56. The predicted octanol–water partition coefficient (Wildman–Crippen LogP) is 1.90. The molecule has 1 saturated heterocycles. The van der Waals surface area contributed by atoms with Crippen molar-refractivity contribution in [3.63, 3.8) is 0 Å². The molecule has 112 valence electrons. The van der Waals surface area contributed by atoms with Gasteiger partial charge in [-0.3, -0.25) is 4.79 Å². The SMILES string of the molecule is CC(C(=O)O)C1CN(C(=O)NC2CC2c2ccccc2)C1. The Morgan fingerprint density at radius 1 is 1.29 bits per heavy atom. The van der Waals surface area contributed by atoms with Gasteiger partial charge in [0.15, 0.2) is 0 Å². The molecule has 3 atom stereocenters. The first-order valence-electron chi connectivity index (χ1n) is 7.39. The minimum absolute atomic E-state index is 0.0627. The zero-order valence-electron chi connectivity index (χ0n) is 12.0. The number of urea groups is 1. The van der Waals surface area contributed by atoms with Gasteiger partial charge in [-0.1, -0.05) is 37.3 Å². The summed E-state index contributed by atoms with van der Waals surface area (Å²) in [7, 11) is 0. The molecule has 2 amide bonds. The van der Waals surface area contributed by atoms with Crippen LogP contribution in [0.4, 0.5) is 4.79 Å². The fraction of sp³-hybridized carbons (Fsp3) is 0.500. The van der Waals surface area contributed by atoms with Crippen LogP contribution >= 0.6 is 0 Å². The average molecular weight is 288 g/mol. The fourth-order valence-corrected chi connectivity index (χ4v) is 2.87. The minimum atomic E-state index is -0.786. The Labute approximate surface area is 123 Å². The van der Waals surface area contributed by atoms with E-state index in [1.165, 1.54) is 5.56 Å². The summed E-state index contributed by atoms with van der Waals surface area (Å²) in [5, 5.41) is 12.0. The van der Waals surface area contributed by atoms with Crippen molar-refractivity contribution in [1.82, 2.24) is 10.2 Å². The van der Waals surface area contributed by atoms with E-state index < -0.39 is 5.97 Å². The maximum Gasteiger partial charge on any atom is 0.317 e. The molecular weight excluding hydrogens is 268 g/mol. The van der Waals surface area contributed by atoms with Gasteiger partial charge in [-0.2, -0.15) is 0 Å². The van der Waals surface area contributed by atoms with Crippen LogP contribution in [0.3, 0.4) is 0 Å². The average Bonchev–Trinajstić information content (AvgIpc) is 3.17.